The molecule has 1 atom stereocenters. The number of hydrogen-bond donors (Lipinski definition) is 1. The molecule has 0 spiro atoms. The Morgan fingerprint density at radius 3 is 2.86 bits per heavy atom. The standard InChI is InChI=1S/C10H10ClFO2/c1-6(10(13)14)5-7-3-2-4-8(11)9(7)12/h2-4,6H,5H2,1H3,(H,13,14). The number of carboxylic acid groups (broad SMARTS) is 1. The molecular weight excluding hydrogens is 207 g/mol. The summed E-state index contributed by atoms with van der Waals surface area (Å²) < 4.78 is 13.3. The van der Waals surface area contributed by atoms with Gasteiger partial charge >= 0.3 is 5.97 Å². The zero-order valence-corrected chi connectivity index (χ0v) is 8.38. The van der Waals surface area contributed by atoms with Gasteiger partial charge in [0, 0.05) is 0 Å². The average molecular weight is 217 g/mol. The lowest BCUT2D eigenvalue weighted by molar-refractivity contribution is -0.141. The third kappa shape index (κ3) is 2.45. The second-order valence-corrected chi connectivity index (χ2v) is 3.56. The van der Waals surface area contributed by atoms with Crippen molar-refractivity contribution in [2.75, 3.05) is 0 Å². The molecule has 1 aromatic carbocycles. The maximum absolute atomic E-state index is 13.3. The lowest BCUT2D eigenvalue weighted by Crippen LogP contribution is -2.13. The highest BCUT2D eigenvalue weighted by atomic mass is 35.5. The Morgan fingerprint density at radius 2 is 2.29 bits per heavy atom. The van der Waals surface area contributed by atoms with Gasteiger partial charge in [-0.2, -0.15) is 0 Å². The van der Waals surface area contributed by atoms with Crippen LogP contribution in [0.4, 0.5) is 4.39 Å². The smallest absolute Gasteiger partial charge is 0.306 e. The number of benzene rings is 1. The van der Waals surface area contributed by atoms with Crippen molar-refractivity contribution in [1.82, 2.24) is 0 Å². The topological polar surface area (TPSA) is 37.3 Å². The molecule has 0 amide bonds. The maximum Gasteiger partial charge on any atom is 0.306 e. The van der Waals surface area contributed by atoms with Crippen molar-refractivity contribution >= 4 is 17.6 Å². The summed E-state index contributed by atoms with van der Waals surface area (Å²) in [6.07, 6.45) is 0.154. The van der Waals surface area contributed by atoms with Crippen molar-refractivity contribution < 1.29 is 14.3 Å². The normalized spacial score (nSPS) is 12.5. The molecule has 0 heterocycles. The van der Waals surface area contributed by atoms with E-state index in [2.05, 4.69) is 0 Å². The van der Waals surface area contributed by atoms with Crippen LogP contribution < -0.4 is 0 Å². The van der Waals surface area contributed by atoms with Crippen molar-refractivity contribution in [1.29, 1.82) is 0 Å². The lowest BCUT2D eigenvalue weighted by Gasteiger charge is -2.07. The highest BCUT2D eigenvalue weighted by Gasteiger charge is 2.15. The number of carboxylic acids is 1. The van der Waals surface area contributed by atoms with Gasteiger partial charge in [0.05, 0.1) is 10.9 Å². The number of carbonyl (C=O) groups is 1. The number of halogens is 2. The quantitative estimate of drug-likeness (QED) is 0.844. The Bertz CT molecular complexity index is 352. The Kier molecular flexibility index (Phi) is 3.47. The van der Waals surface area contributed by atoms with Crippen molar-refractivity contribution in [3.8, 4) is 0 Å². The van der Waals surface area contributed by atoms with Crippen molar-refractivity contribution in [3.63, 3.8) is 0 Å². The monoisotopic (exact) mass is 216 g/mol. The van der Waals surface area contributed by atoms with Gasteiger partial charge in [-0.25, -0.2) is 4.39 Å². The van der Waals surface area contributed by atoms with E-state index in [9.17, 15) is 9.18 Å². The van der Waals surface area contributed by atoms with Crippen LogP contribution in [0.2, 0.25) is 5.02 Å². The van der Waals surface area contributed by atoms with E-state index < -0.39 is 17.7 Å². The predicted octanol–water partition coefficient (Wildman–Crippen LogP) is 2.74. The third-order valence-electron chi connectivity index (χ3n) is 1.98. The minimum Gasteiger partial charge on any atom is -0.481 e. The molecule has 1 aromatic rings. The van der Waals surface area contributed by atoms with E-state index in [1.807, 2.05) is 0 Å². The number of hydrogen-bond acceptors (Lipinski definition) is 1. The zero-order chi connectivity index (χ0) is 10.7. The minimum absolute atomic E-state index is 0.0279. The van der Waals surface area contributed by atoms with Crippen LogP contribution >= 0.6 is 11.6 Å². The highest BCUT2D eigenvalue weighted by molar-refractivity contribution is 6.30. The predicted molar refractivity (Wildman–Crippen MR) is 51.9 cm³/mol. The van der Waals surface area contributed by atoms with E-state index in [1.54, 1.807) is 12.1 Å². The van der Waals surface area contributed by atoms with Crippen LogP contribution in [-0.2, 0) is 11.2 Å². The molecule has 0 aliphatic rings. The van der Waals surface area contributed by atoms with Gasteiger partial charge in [-0.3, -0.25) is 4.79 Å². The molecule has 0 saturated carbocycles. The largest absolute Gasteiger partial charge is 0.481 e. The van der Waals surface area contributed by atoms with E-state index in [0.717, 1.165) is 0 Å². The highest BCUT2D eigenvalue weighted by Crippen LogP contribution is 2.20. The molecule has 14 heavy (non-hydrogen) atoms. The summed E-state index contributed by atoms with van der Waals surface area (Å²) in [6, 6.07) is 4.59. The molecule has 4 heteroatoms. The lowest BCUT2D eigenvalue weighted by atomic mass is 10.0. The summed E-state index contributed by atoms with van der Waals surface area (Å²) in [6.45, 7) is 1.53. The van der Waals surface area contributed by atoms with Crippen LogP contribution in [-0.4, -0.2) is 11.1 Å². The van der Waals surface area contributed by atoms with Crippen LogP contribution in [0.15, 0.2) is 18.2 Å². The fraction of sp³-hybridized carbons (Fsp3) is 0.300. The zero-order valence-electron chi connectivity index (χ0n) is 7.63. The summed E-state index contributed by atoms with van der Waals surface area (Å²) >= 11 is 5.55. The molecule has 0 radical (unpaired) electrons. The van der Waals surface area contributed by atoms with Crippen LogP contribution in [0.25, 0.3) is 0 Å². The first-order valence-corrected chi connectivity index (χ1v) is 4.56. The van der Waals surface area contributed by atoms with Crippen LogP contribution in [0.1, 0.15) is 12.5 Å². The summed E-state index contributed by atoms with van der Waals surface area (Å²) in [5.41, 5.74) is 0.340. The molecule has 76 valence electrons. The van der Waals surface area contributed by atoms with Gasteiger partial charge in [0.25, 0.3) is 0 Å². The Morgan fingerprint density at radius 1 is 1.64 bits per heavy atom. The van der Waals surface area contributed by atoms with E-state index in [0.29, 0.717) is 5.56 Å². The molecular formula is C10H10ClFO2. The fourth-order valence-corrected chi connectivity index (χ4v) is 1.32. The molecule has 0 aromatic heterocycles. The van der Waals surface area contributed by atoms with E-state index in [4.69, 9.17) is 16.7 Å². The molecule has 1 N–H and O–H groups in total. The second kappa shape index (κ2) is 4.42. The van der Waals surface area contributed by atoms with Gasteiger partial charge in [0.2, 0.25) is 0 Å². The number of rotatable bonds is 3. The fourth-order valence-electron chi connectivity index (χ4n) is 1.12. The molecule has 0 fully saturated rings. The summed E-state index contributed by atoms with van der Waals surface area (Å²) in [5.74, 6) is -2.07. The van der Waals surface area contributed by atoms with E-state index in [-0.39, 0.29) is 11.4 Å². The van der Waals surface area contributed by atoms with Crippen molar-refractivity contribution in [2.45, 2.75) is 13.3 Å². The molecule has 2 nitrogen and oxygen atoms in total. The molecule has 1 unspecified atom stereocenters. The van der Waals surface area contributed by atoms with E-state index >= 15 is 0 Å². The Hall–Kier alpha value is -1.09. The van der Waals surface area contributed by atoms with Gasteiger partial charge in [-0.15, -0.1) is 0 Å². The van der Waals surface area contributed by atoms with Gasteiger partial charge in [0.1, 0.15) is 5.82 Å². The SMILES string of the molecule is CC(Cc1cccc(Cl)c1F)C(=O)O. The first kappa shape index (κ1) is 11.0. The van der Waals surface area contributed by atoms with Crippen LogP contribution in [0.5, 0.6) is 0 Å². The minimum atomic E-state index is -0.940. The Balaban J connectivity index is 2.87. The first-order valence-electron chi connectivity index (χ1n) is 4.18. The van der Waals surface area contributed by atoms with Crippen LogP contribution in [0.3, 0.4) is 0 Å². The molecule has 0 saturated heterocycles. The molecule has 0 aliphatic carbocycles. The van der Waals surface area contributed by atoms with Gasteiger partial charge in [-0.1, -0.05) is 30.7 Å². The molecule has 1 rings (SSSR count). The van der Waals surface area contributed by atoms with Gasteiger partial charge in [0.15, 0.2) is 0 Å². The van der Waals surface area contributed by atoms with Gasteiger partial charge in [-0.05, 0) is 18.1 Å². The summed E-state index contributed by atoms with van der Waals surface area (Å²) in [4.78, 5) is 10.5. The summed E-state index contributed by atoms with van der Waals surface area (Å²) in [5, 5.41) is 8.68. The first-order chi connectivity index (χ1) is 6.52. The maximum atomic E-state index is 13.3. The summed E-state index contributed by atoms with van der Waals surface area (Å²) in [7, 11) is 0. The van der Waals surface area contributed by atoms with Crippen molar-refractivity contribution in [3.05, 3.63) is 34.6 Å². The second-order valence-electron chi connectivity index (χ2n) is 3.16. The van der Waals surface area contributed by atoms with Crippen molar-refractivity contribution in [2.24, 2.45) is 5.92 Å². The molecule has 0 bridgehead atoms. The van der Waals surface area contributed by atoms with Gasteiger partial charge < -0.3 is 5.11 Å². The average Bonchev–Trinajstić information content (AvgIpc) is 2.12. The molecule has 0 aliphatic heterocycles. The van der Waals surface area contributed by atoms with E-state index in [1.165, 1.54) is 13.0 Å². The number of aliphatic carboxylic acids is 1. The van der Waals surface area contributed by atoms with Crippen LogP contribution in [0, 0.1) is 11.7 Å². The third-order valence-corrected chi connectivity index (χ3v) is 2.27. The Labute approximate surface area is 86.3 Å².